The van der Waals surface area contributed by atoms with Crippen molar-refractivity contribution in [2.24, 2.45) is 0 Å². The Balaban J connectivity index is 1.75. The van der Waals surface area contributed by atoms with Gasteiger partial charge in [-0.1, -0.05) is 12.1 Å². The van der Waals surface area contributed by atoms with E-state index in [1.807, 2.05) is 32.0 Å². The first-order valence-electron chi connectivity index (χ1n) is 8.72. The highest BCUT2D eigenvalue weighted by Gasteiger charge is 2.16. The Morgan fingerprint density at radius 3 is 2.43 bits per heavy atom. The van der Waals surface area contributed by atoms with Gasteiger partial charge in [0, 0.05) is 30.2 Å². The average Bonchev–Trinajstić information content (AvgIpc) is 2.70. The largest absolute Gasteiger partial charge is 0.322 e. The number of nitrogens with one attached hydrogen (secondary N) is 2. The summed E-state index contributed by atoms with van der Waals surface area (Å²) >= 11 is 0. The van der Waals surface area contributed by atoms with Crippen LogP contribution in [-0.4, -0.2) is 19.3 Å². The van der Waals surface area contributed by atoms with E-state index in [1.54, 1.807) is 36.7 Å². The van der Waals surface area contributed by atoms with Crippen LogP contribution in [0.5, 0.6) is 0 Å². The number of nitrogens with zero attached hydrogens (tertiary/aromatic N) is 1. The SMILES string of the molecule is Cc1ccc(NC(=O)c2cccc(S(=O)(=O)NCc3ccncc3)c2)cc1C. The molecule has 0 saturated heterocycles. The number of aromatic nitrogens is 1. The second-order valence-corrected chi connectivity index (χ2v) is 8.23. The fourth-order valence-electron chi connectivity index (χ4n) is 2.59. The van der Waals surface area contributed by atoms with Crippen LogP contribution in [0.2, 0.25) is 0 Å². The normalized spacial score (nSPS) is 11.2. The van der Waals surface area contributed by atoms with Gasteiger partial charge in [0.2, 0.25) is 10.0 Å². The van der Waals surface area contributed by atoms with E-state index in [9.17, 15) is 13.2 Å². The molecule has 0 saturated carbocycles. The van der Waals surface area contributed by atoms with Crippen LogP contribution in [0.3, 0.4) is 0 Å². The van der Waals surface area contributed by atoms with E-state index in [0.717, 1.165) is 16.7 Å². The summed E-state index contributed by atoms with van der Waals surface area (Å²) in [7, 11) is -3.75. The van der Waals surface area contributed by atoms with Crippen molar-refractivity contribution < 1.29 is 13.2 Å². The molecule has 0 aliphatic carbocycles. The number of carbonyl (C=O) groups excluding carboxylic acids is 1. The number of sulfonamides is 1. The van der Waals surface area contributed by atoms with Crippen LogP contribution < -0.4 is 10.0 Å². The molecule has 0 spiro atoms. The topological polar surface area (TPSA) is 88.2 Å². The molecule has 0 aliphatic heterocycles. The van der Waals surface area contributed by atoms with Gasteiger partial charge >= 0.3 is 0 Å². The first-order valence-corrected chi connectivity index (χ1v) is 10.2. The molecule has 6 nitrogen and oxygen atoms in total. The molecule has 1 aromatic heterocycles. The van der Waals surface area contributed by atoms with Gasteiger partial charge in [0.25, 0.3) is 5.91 Å². The van der Waals surface area contributed by atoms with Crippen LogP contribution in [0.1, 0.15) is 27.0 Å². The Morgan fingerprint density at radius 1 is 0.964 bits per heavy atom. The first kappa shape index (κ1) is 19.7. The minimum absolute atomic E-state index is 0.0364. The summed E-state index contributed by atoms with van der Waals surface area (Å²) in [6, 6.07) is 15.0. The van der Waals surface area contributed by atoms with Crippen LogP contribution in [0.4, 0.5) is 5.69 Å². The van der Waals surface area contributed by atoms with Gasteiger partial charge in [-0.05, 0) is 73.0 Å². The summed E-state index contributed by atoms with van der Waals surface area (Å²) in [4.78, 5) is 16.5. The highest BCUT2D eigenvalue weighted by Crippen LogP contribution is 2.17. The monoisotopic (exact) mass is 395 g/mol. The van der Waals surface area contributed by atoms with E-state index in [4.69, 9.17) is 0 Å². The maximum Gasteiger partial charge on any atom is 0.255 e. The molecule has 0 aliphatic rings. The zero-order valence-electron chi connectivity index (χ0n) is 15.6. The molecule has 144 valence electrons. The lowest BCUT2D eigenvalue weighted by atomic mass is 10.1. The molecule has 2 N–H and O–H groups in total. The summed E-state index contributed by atoms with van der Waals surface area (Å²) < 4.78 is 27.7. The van der Waals surface area contributed by atoms with Gasteiger partial charge in [-0.2, -0.15) is 0 Å². The van der Waals surface area contributed by atoms with Crippen molar-refractivity contribution in [3.8, 4) is 0 Å². The smallest absolute Gasteiger partial charge is 0.255 e. The molecule has 0 bridgehead atoms. The van der Waals surface area contributed by atoms with Crippen molar-refractivity contribution in [3.05, 3.63) is 89.2 Å². The molecule has 0 unspecified atom stereocenters. The van der Waals surface area contributed by atoms with E-state index in [0.29, 0.717) is 5.69 Å². The minimum Gasteiger partial charge on any atom is -0.322 e. The number of amides is 1. The Kier molecular flexibility index (Phi) is 5.87. The minimum atomic E-state index is -3.75. The van der Waals surface area contributed by atoms with E-state index >= 15 is 0 Å². The number of carbonyl (C=O) groups is 1. The molecular weight excluding hydrogens is 374 g/mol. The van der Waals surface area contributed by atoms with Gasteiger partial charge in [0.1, 0.15) is 0 Å². The fourth-order valence-corrected chi connectivity index (χ4v) is 3.65. The maximum atomic E-state index is 12.6. The van der Waals surface area contributed by atoms with Crippen molar-refractivity contribution in [2.75, 3.05) is 5.32 Å². The summed E-state index contributed by atoms with van der Waals surface area (Å²) in [5.74, 6) is -0.366. The Hall–Kier alpha value is -3.03. The zero-order chi connectivity index (χ0) is 20.1. The lowest BCUT2D eigenvalue weighted by molar-refractivity contribution is 0.102. The van der Waals surface area contributed by atoms with Crippen LogP contribution in [0.25, 0.3) is 0 Å². The fraction of sp³-hybridized carbons (Fsp3) is 0.143. The predicted molar refractivity (Wildman–Crippen MR) is 109 cm³/mol. The summed E-state index contributed by atoms with van der Waals surface area (Å²) in [5.41, 5.74) is 3.92. The number of hydrogen-bond acceptors (Lipinski definition) is 4. The zero-order valence-corrected chi connectivity index (χ0v) is 16.5. The average molecular weight is 395 g/mol. The lowest BCUT2D eigenvalue weighted by Gasteiger charge is -2.10. The Bertz CT molecular complexity index is 1100. The highest BCUT2D eigenvalue weighted by atomic mass is 32.2. The highest BCUT2D eigenvalue weighted by molar-refractivity contribution is 7.89. The van der Waals surface area contributed by atoms with Crippen molar-refractivity contribution in [2.45, 2.75) is 25.3 Å². The molecule has 7 heteroatoms. The number of pyridine rings is 1. The van der Waals surface area contributed by atoms with Gasteiger partial charge in [0.05, 0.1) is 4.90 Å². The number of benzene rings is 2. The van der Waals surface area contributed by atoms with Crippen LogP contribution in [-0.2, 0) is 16.6 Å². The van der Waals surface area contributed by atoms with Crippen molar-refractivity contribution >= 4 is 21.6 Å². The molecule has 0 fully saturated rings. The van der Waals surface area contributed by atoms with Gasteiger partial charge in [-0.25, -0.2) is 13.1 Å². The van der Waals surface area contributed by atoms with Crippen LogP contribution in [0, 0.1) is 13.8 Å². The first-order chi connectivity index (χ1) is 13.3. The van der Waals surface area contributed by atoms with Crippen LogP contribution in [0.15, 0.2) is 71.9 Å². The van der Waals surface area contributed by atoms with Crippen molar-refractivity contribution in [1.82, 2.24) is 9.71 Å². The van der Waals surface area contributed by atoms with Crippen molar-refractivity contribution in [1.29, 1.82) is 0 Å². The summed E-state index contributed by atoms with van der Waals surface area (Å²) in [5, 5.41) is 2.80. The number of anilines is 1. The lowest BCUT2D eigenvalue weighted by Crippen LogP contribution is -2.23. The van der Waals surface area contributed by atoms with E-state index in [2.05, 4.69) is 15.0 Å². The maximum absolute atomic E-state index is 12.6. The van der Waals surface area contributed by atoms with Crippen LogP contribution >= 0.6 is 0 Å². The van der Waals surface area contributed by atoms with Gasteiger partial charge in [0.15, 0.2) is 0 Å². The molecule has 1 heterocycles. The van der Waals surface area contributed by atoms with E-state index < -0.39 is 10.0 Å². The predicted octanol–water partition coefficient (Wildman–Crippen LogP) is 3.43. The van der Waals surface area contributed by atoms with E-state index in [1.165, 1.54) is 12.1 Å². The third-order valence-corrected chi connectivity index (χ3v) is 5.79. The van der Waals surface area contributed by atoms with Gasteiger partial charge < -0.3 is 5.32 Å². The molecule has 28 heavy (non-hydrogen) atoms. The molecule has 2 aromatic carbocycles. The Labute approximate surface area is 164 Å². The number of hydrogen-bond donors (Lipinski definition) is 2. The third-order valence-electron chi connectivity index (χ3n) is 4.39. The quantitative estimate of drug-likeness (QED) is 0.669. The van der Waals surface area contributed by atoms with Crippen molar-refractivity contribution in [3.63, 3.8) is 0 Å². The summed E-state index contributed by atoms with van der Waals surface area (Å²) in [6.07, 6.45) is 3.20. The molecule has 0 radical (unpaired) electrons. The molecule has 0 atom stereocenters. The molecule has 3 rings (SSSR count). The number of aryl methyl sites for hydroxylation is 2. The second kappa shape index (κ2) is 8.33. The summed E-state index contributed by atoms with van der Waals surface area (Å²) in [6.45, 7) is 4.10. The molecular formula is C21H21N3O3S. The number of rotatable bonds is 6. The third kappa shape index (κ3) is 4.82. The molecule has 1 amide bonds. The van der Waals surface area contributed by atoms with Gasteiger partial charge in [-0.3, -0.25) is 9.78 Å². The second-order valence-electron chi connectivity index (χ2n) is 6.46. The Morgan fingerprint density at radius 2 is 1.71 bits per heavy atom. The van der Waals surface area contributed by atoms with Gasteiger partial charge in [-0.15, -0.1) is 0 Å². The molecule has 3 aromatic rings. The van der Waals surface area contributed by atoms with E-state index in [-0.39, 0.29) is 22.9 Å². The standard InChI is InChI=1S/C21H21N3O3S/c1-15-6-7-19(12-16(15)2)24-21(25)18-4-3-5-20(13-18)28(26,27)23-14-17-8-10-22-11-9-17/h3-13,23H,14H2,1-2H3,(H,24,25).